The highest BCUT2D eigenvalue weighted by atomic mass is 16.3. The van der Waals surface area contributed by atoms with Gasteiger partial charge >= 0.3 is 0 Å². The molecule has 1 heterocycles. The number of hydrogen-bond donors (Lipinski definition) is 2. The molecule has 2 amide bonds. The van der Waals surface area contributed by atoms with Crippen LogP contribution in [0.5, 0.6) is 0 Å². The predicted molar refractivity (Wildman–Crippen MR) is 109 cm³/mol. The molecule has 1 aliphatic rings. The fraction of sp³-hybridized carbons (Fsp3) is 0.391. The van der Waals surface area contributed by atoms with E-state index in [1.165, 1.54) is 0 Å². The van der Waals surface area contributed by atoms with Crippen LogP contribution >= 0.6 is 0 Å². The average molecular weight is 380 g/mol. The second kappa shape index (κ2) is 9.02. The fourth-order valence-corrected chi connectivity index (χ4v) is 3.86. The molecule has 28 heavy (non-hydrogen) atoms. The number of carbonyl (C=O) groups is 2. The first kappa shape index (κ1) is 20.1. The molecule has 1 saturated heterocycles. The van der Waals surface area contributed by atoms with Crippen molar-refractivity contribution in [1.82, 2.24) is 10.2 Å². The minimum Gasteiger partial charge on any atom is -0.388 e. The van der Waals surface area contributed by atoms with E-state index in [4.69, 9.17) is 0 Å². The average Bonchev–Trinajstić information content (AvgIpc) is 2.71. The van der Waals surface area contributed by atoms with Crippen molar-refractivity contribution in [3.05, 3.63) is 70.8 Å². The number of nitrogens with one attached hydrogen (secondary N) is 1. The second-order valence-corrected chi connectivity index (χ2v) is 7.63. The van der Waals surface area contributed by atoms with Crippen LogP contribution in [0.4, 0.5) is 0 Å². The molecule has 0 spiro atoms. The summed E-state index contributed by atoms with van der Waals surface area (Å²) in [6.45, 7) is 5.10. The van der Waals surface area contributed by atoms with Gasteiger partial charge in [-0.05, 0) is 50.3 Å². The number of amides is 2. The maximum Gasteiger partial charge on any atom is 0.251 e. The van der Waals surface area contributed by atoms with Gasteiger partial charge in [-0.15, -0.1) is 0 Å². The zero-order valence-electron chi connectivity index (χ0n) is 16.5. The van der Waals surface area contributed by atoms with E-state index in [0.29, 0.717) is 18.7 Å². The maximum absolute atomic E-state index is 12.5. The normalized spacial score (nSPS) is 15.9. The number of aliphatic hydroxyl groups excluding tert-OH is 1. The third-order valence-electron chi connectivity index (χ3n) is 5.36. The van der Waals surface area contributed by atoms with Crippen LogP contribution in [0.3, 0.4) is 0 Å². The molecule has 0 saturated carbocycles. The lowest BCUT2D eigenvalue weighted by Gasteiger charge is -2.34. The molecule has 0 aromatic heterocycles. The first-order valence-corrected chi connectivity index (χ1v) is 9.81. The molecule has 1 fully saturated rings. The molecule has 5 nitrogen and oxygen atoms in total. The van der Waals surface area contributed by atoms with Gasteiger partial charge < -0.3 is 15.3 Å². The maximum atomic E-state index is 12.5. The molecule has 2 aromatic carbocycles. The van der Waals surface area contributed by atoms with E-state index < -0.39 is 6.10 Å². The highest BCUT2D eigenvalue weighted by Gasteiger charge is 2.28. The van der Waals surface area contributed by atoms with E-state index in [-0.39, 0.29) is 24.3 Å². The van der Waals surface area contributed by atoms with Crippen molar-refractivity contribution in [3.63, 3.8) is 0 Å². The summed E-state index contributed by atoms with van der Waals surface area (Å²) in [4.78, 5) is 26.6. The molecule has 1 atom stereocenters. The van der Waals surface area contributed by atoms with Gasteiger partial charge in [0.25, 0.3) is 5.91 Å². The van der Waals surface area contributed by atoms with Crippen molar-refractivity contribution in [1.29, 1.82) is 0 Å². The van der Waals surface area contributed by atoms with Gasteiger partial charge in [0, 0.05) is 18.7 Å². The lowest BCUT2D eigenvalue weighted by Crippen LogP contribution is -2.44. The van der Waals surface area contributed by atoms with Crippen LogP contribution in [0.25, 0.3) is 0 Å². The summed E-state index contributed by atoms with van der Waals surface area (Å²) in [5, 5.41) is 13.3. The zero-order chi connectivity index (χ0) is 20.1. The van der Waals surface area contributed by atoms with Gasteiger partial charge in [-0.25, -0.2) is 0 Å². The summed E-state index contributed by atoms with van der Waals surface area (Å²) in [5.41, 5.74) is 3.55. The topological polar surface area (TPSA) is 69.6 Å². The Bertz CT molecular complexity index is 807. The molecule has 2 aromatic rings. The summed E-state index contributed by atoms with van der Waals surface area (Å²) < 4.78 is 0. The van der Waals surface area contributed by atoms with E-state index in [0.717, 1.165) is 29.5 Å². The molecule has 1 unspecified atom stereocenters. The van der Waals surface area contributed by atoms with Crippen LogP contribution in [0, 0.1) is 19.8 Å². The van der Waals surface area contributed by atoms with Crippen LogP contribution in [-0.2, 0) is 4.79 Å². The summed E-state index contributed by atoms with van der Waals surface area (Å²) in [6.07, 6.45) is 1.02. The van der Waals surface area contributed by atoms with Gasteiger partial charge in [-0.3, -0.25) is 9.59 Å². The first-order chi connectivity index (χ1) is 13.4. The van der Waals surface area contributed by atoms with Crippen molar-refractivity contribution in [2.24, 2.45) is 5.92 Å². The number of rotatable bonds is 5. The lowest BCUT2D eigenvalue weighted by atomic mass is 9.87. The van der Waals surface area contributed by atoms with E-state index >= 15 is 0 Å². The molecule has 0 bridgehead atoms. The molecule has 3 rings (SSSR count). The monoisotopic (exact) mass is 380 g/mol. The largest absolute Gasteiger partial charge is 0.388 e. The second-order valence-electron chi connectivity index (χ2n) is 7.63. The van der Waals surface area contributed by atoms with Gasteiger partial charge in [0.15, 0.2) is 0 Å². The molecule has 2 N–H and O–H groups in total. The number of piperidine rings is 1. The van der Waals surface area contributed by atoms with Crippen LogP contribution in [-0.4, -0.2) is 41.5 Å². The number of hydrogen-bond acceptors (Lipinski definition) is 3. The number of likely N-dealkylation sites (tertiary alicyclic amines) is 1. The number of benzene rings is 2. The van der Waals surface area contributed by atoms with Crippen molar-refractivity contribution in [3.8, 4) is 0 Å². The van der Waals surface area contributed by atoms with Crippen molar-refractivity contribution >= 4 is 11.8 Å². The Hall–Kier alpha value is -2.66. The van der Waals surface area contributed by atoms with E-state index in [1.807, 2.05) is 62.4 Å². The van der Waals surface area contributed by atoms with E-state index in [2.05, 4.69) is 5.32 Å². The standard InChI is InChI=1S/C23H28N2O3/c1-16-12-17(2)14-20(13-16)23(28)24-15-21(26)25-10-8-19(9-11-25)22(27)18-6-4-3-5-7-18/h3-7,12-14,19,22,27H,8-11,15H2,1-2H3,(H,24,28). The zero-order valence-corrected chi connectivity index (χ0v) is 16.5. The van der Waals surface area contributed by atoms with Crippen LogP contribution in [0.2, 0.25) is 0 Å². The summed E-state index contributed by atoms with van der Waals surface area (Å²) in [5.74, 6) is -0.156. The molecule has 1 aliphatic heterocycles. The van der Waals surface area contributed by atoms with Gasteiger partial charge in [-0.2, -0.15) is 0 Å². The Balaban J connectivity index is 1.48. The van der Waals surface area contributed by atoms with Crippen molar-refractivity contribution in [2.45, 2.75) is 32.8 Å². The predicted octanol–water partition coefficient (Wildman–Crippen LogP) is 3.01. The van der Waals surface area contributed by atoms with E-state index in [9.17, 15) is 14.7 Å². The van der Waals surface area contributed by atoms with Crippen LogP contribution < -0.4 is 5.32 Å². The van der Waals surface area contributed by atoms with Gasteiger partial charge in [0.05, 0.1) is 12.6 Å². The minimum atomic E-state index is -0.497. The molecule has 5 heteroatoms. The Labute approximate surface area is 166 Å². The number of aliphatic hydroxyl groups is 1. The van der Waals surface area contributed by atoms with Crippen LogP contribution in [0.15, 0.2) is 48.5 Å². The highest BCUT2D eigenvalue weighted by Crippen LogP contribution is 2.30. The Morgan fingerprint density at radius 1 is 1.07 bits per heavy atom. The third-order valence-corrected chi connectivity index (χ3v) is 5.36. The molecule has 0 aliphatic carbocycles. The third kappa shape index (κ3) is 4.98. The van der Waals surface area contributed by atoms with E-state index in [1.54, 1.807) is 4.90 Å². The van der Waals surface area contributed by atoms with Crippen molar-refractivity contribution < 1.29 is 14.7 Å². The number of carbonyl (C=O) groups excluding carboxylic acids is 2. The Morgan fingerprint density at radius 3 is 2.29 bits per heavy atom. The van der Waals surface area contributed by atoms with Gasteiger partial charge in [0.2, 0.25) is 5.91 Å². The Morgan fingerprint density at radius 2 is 1.68 bits per heavy atom. The molecule has 0 radical (unpaired) electrons. The summed E-state index contributed by atoms with van der Waals surface area (Å²) >= 11 is 0. The molecular weight excluding hydrogens is 352 g/mol. The summed E-state index contributed by atoms with van der Waals surface area (Å²) in [6, 6.07) is 15.3. The minimum absolute atomic E-state index is 0.00225. The first-order valence-electron chi connectivity index (χ1n) is 9.81. The quantitative estimate of drug-likeness (QED) is 0.838. The van der Waals surface area contributed by atoms with Gasteiger partial charge in [-0.1, -0.05) is 47.5 Å². The number of nitrogens with zero attached hydrogens (tertiary/aromatic N) is 1. The Kier molecular flexibility index (Phi) is 6.47. The SMILES string of the molecule is Cc1cc(C)cc(C(=O)NCC(=O)N2CCC(C(O)c3ccccc3)CC2)c1. The number of aryl methyl sites for hydroxylation is 2. The molecular formula is C23H28N2O3. The fourth-order valence-electron chi connectivity index (χ4n) is 3.86. The van der Waals surface area contributed by atoms with Gasteiger partial charge in [0.1, 0.15) is 0 Å². The van der Waals surface area contributed by atoms with Crippen molar-refractivity contribution in [2.75, 3.05) is 19.6 Å². The molecule has 148 valence electrons. The summed E-state index contributed by atoms with van der Waals surface area (Å²) in [7, 11) is 0. The smallest absolute Gasteiger partial charge is 0.251 e. The highest BCUT2D eigenvalue weighted by molar-refractivity contribution is 5.96. The lowest BCUT2D eigenvalue weighted by molar-refractivity contribution is -0.132. The van der Waals surface area contributed by atoms with Crippen LogP contribution in [0.1, 0.15) is 46.0 Å².